The second kappa shape index (κ2) is 5.91. The molecule has 5 heteroatoms. The molecule has 0 spiro atoms. The van der Waals surface area contributed by atoms with Gasteiger partial charge in [-0.3, -0.25) is 4.79 Å². The number of aryl methyl sites for hydroxylation is 2. The van der Waals surface area contributed by atoms with Crippen LogP contribution in [-0.4, -0.2) is 30.1 Å². The minimum Gasteiger partial charge on any atom is -0.390 e. The van der Waals surface area contributed by atoms with Crippen LogP contribution in [0.1, 0.15) is 16.7 Å². The van der Waals surface area contributed by atoms with E-state index in [9.17, 15) is 13.6 Å². The summed E-state index contributed by atoms with van der Waals surface area (Å²) in [7, 11) is 0. The fourth-order valence-corrected chi connectivity index (χ4v) is 1.51. The second-order valence-electron chi connectivity index (χ2n) is 4.40. The van der Waals surface area contributed by atoms with Gasteiger partial charge in [0.25, 0.3) is 5.92 Å². The van der Waals surface area contributed by atoms with Gasteiger partial charge in [-0.1, -0.05) is 23.8 Å². The SMILES string of the molecule is Cc1ccc(C)c(CC(=O)NCC(F)(F)CO)c1. The Morgan fingerprint density at radius 3 is 2.67 bits per heavy atom. The average molecular weight is 257 g/mol. The van der Waals surface area contributed by atoms with Gasteiger partial charge in [0.05, 0.1) is 13.0 Å². The van der Waals surface area contributed by atoms with Crippen LogP contribution in [0.15, 0.2) is 18.2 Å². The Labute approximate surface area is 105 Å². The van der Waals surface area contributed by atoms with Gasteiger partial charge in [-0.15, -0.1) is 0 Å². The van der Waals surface area contributed by atoms with E-state index in [1.165, 1.54) is 0 Å². The van der Waals surface area contributed by atoms with Gasteiger partial charge >= 0.3 is 0 Å². The smallest absolute Gasteiger partial charge is 0.287 e. The fourth-order valence-electron chi connectivity index (χ4n) is 1.51. The van der Waals surface area contributed by atoms with Gasteiger partial charge in [0.1, 0.15) is 6.61 Å². The number of aliphatic hydroxyl groups excluding tert-OH is 1. The van der Waals surface area contributed by atoms with Crippen molar-refractivity contribution >= 4 is 5.91 Å². The lowest BCUT2D eigenvalue weighted by atomic mass is 10.0. The molecule has 0 aliphatic heterocycles. The molecule has 3 nitrogen and oxygen atoms in total. The summed E-state index contributed by atoms with van der Waals surface area (Å²) >= 11 is 0. The highest BCUT2D eigenvalue weighted by molar-refractivity contribution is 5.79. The normalized spacial score (nSPS) is 11.4. The molecule has 1 aromatic rings. The number of halogens is 2. The van der Waals surface area contributed by atoms with Crippen molar-refractivity contribution in [3.8, 4) is 0 Å². The zero-order valence-corrected chi connectivity index (χ0v) is 10.5. The summed E-state index contributed by atoms with van der Waals surface area (Å²) in [5, 5.41) is 10.5. The summed E-state index contributed by atoms with van der Waals surface area (Å²) in [6.07, 6.45) is 0.0645. The molecule has 0 heterocycles. The molecule has 0 unspecified atom stereocenters. The van der Waals surface area contributed by atoms with Gasteiger partial charge in [-0.25, -0.2) is 8.78 Å². The first-order valence-electron chi connectivity index (χ1n) is 5.65. The maximum Gasteiger partial charge on any atom is 0.287 e. The molecule has 0 saturated carbocycles. The molecule has 0 aliphatic rings. The van der Waals surface area contributed by atoms with Gasteiger partial charge in [0, 0.05) is 0 Å². The van der Waals surface area contributed by atoms with Crippen LogP contribution < -0.4 is 5.32 Å². The molecule has 0 aromatic heterocycles. The number of carbonyl (C=O) groups is 1. The van der Waals surface area contributed by atoms with Crippen molar-refractivity contribution in [2.45, 2.75) is 26.2 Å². The standard InChI is InChI=1S/C13H17F2NO2/c1-9-3-4-10(2)11(5-9)6-12(18)16-7-13(14,15)8-17/h3-5,17H,6-8H2,1-2H3,(H,16,18). The van der Waals surface area contributed by atoms with Gasteiger partial charge in [0.15, 0.2) is 0 Å². The van der Waals surface area contributed by atoms with Crippen LogP contribution in [0, 0.1) is 13.8 Å². The van der Waals surface area contributed by atoms with E-state index in [1.54, 1.807) is 0 Å². The topological polar surface area (TPSA) is 49.3 Å². The van der Waals surface area contributed by atoms with E-state index in [2.05, 4.69) is 5.32 Å². The van der Waals surface area contributed by atoms with E-state index >= 15 is 0 Å². The number of carbonyl (C=O) groups excluding carboxylic acids is 1. The Balaban J connectivity index is 2.57. The number of amides is 1. The number of benzene rings is 1. The fraction of sp³-hybridized carbons (Fsp3) is 0.462. The van der Waals surface area contributed by atoms with Crippen molar-refractivity contribution < 1.29 is 18.7 Å². The molecule has 0 atom stereocenters. The third kappa shape index (κ3) is 4.41. The van der Waals surface area contributed by atoms with E-state index in [-0.39, 0.29) is 6.42 Å². The Morgan fingerprint density at radius 1 is 1.39 bits per heavy atom. The van der Waals surface area contributed by atoms with Crippen molar-refractivity contribution in [2.75, 3.05) is 13.2 Å². The average Bonchev–Trinajstić information content (AvgIpc) is 2.31. The molecular weight excluding hydrogens is 240 g/mol. The molecule has 0 saturated heterocycles. The lowest BCUT2D eigenvalue weighted by Crippen LogP contribution is -2.39. The first-order chi connectivity index (χ1) is 8.34. The zero-order valence-electron chi connectivity index (χ0n) is 10.5. The van der Waals surface area contributed by atoms with Crippen molar-refractivity contribution in [3.63, 3.8) is 0 Å². The van der Waals surface area contributed by atoms with Crippen LogP contribution in [0.2, 0.25) is 0 Å². The summed E-state index contributed by atoms with van der Waals surface area (Å²) in [4.78, 5) is 11.5. The predicted molar refractivity (Wildman–Crippen MR) is 64.7 cm³/mol. The maximum absolute atomic E-state index is 12.7. The first kappa shape index (κ1) is 14.6. The minimum absolute atomic E-state index is 0.0645. The van der Waals surface area contributed by atoms with Crippen molar-refractivity contribution in [2.24, 2.45) is 0 Å². The number of hydrogen-bond donors (Lipinski definition) is 2. The molecular formula is C13H17F2NO2. The second-order valence-corrected chi connectivity index (χ2v) is 4.40. The van der Waals surface area contributed by atoms with Gasteiger partial charge in [0.2, 0.25) is 5.91 Å². The molecule has 1 aromatic carbocycles. The van der Waals surface area contributed by atoms with Crippen molar-refractivity contribution in [1.82, 2.24) is 5.32 Å². The largest absolute Gasteiger partial charge is 0.390 e. The molecule has 0 aliphatic carbocycles. The lowest BCUT2D eigenvalue weighted by Gasteiger charge is -2.14. The summed E-state index contributed by atoms with van der Waals surface area (Å²) < 4.78 is 25.5. The van der Waals surface area contributed by atoms with Crippen LogP contribution >= 0.6 is 0 Å². The summed E-state index contributed by atoms with van der Waals surface area (Å²) in [6.45, 7) is 1.66. The third-order valence-electron chi connectivity index (χ3n) is 2.63. The van der Waals surface area contributed by atoms with Crippen LogP contribution in [-0.2, 0) is 11.2 Å². The number of hydrogen-bond acceptors (Lipinski definition) is 2. The Bertz CT molecular complexity index is 433. The van der Waals surface area contributed by atoms with Gasteiger partial charge < -0.3 is 10.4 Å². The van der Waals surface area contributed by atoms with Crippen LogP contribution in [0.5, 0.6) is 0 Å². The van der Waals surface area contributed by atoms with Crippen molar-refractivity contribution in [1.29, 1.82) is 0 Å². The van der Waals surface area contributed by atoms with Gasteiger partial charge in [-0.05, 0) is 25.0 Å². The first-order valence-corrected chi connectivity index (χ1v) is 5.65. The Hall–Kier alpha value is -1.49. The molecule has 0 fully saturated rings. The number of rotatable bonds is 5. The molecule has 1 amide bonds. The highest BCUT2D eigenvalue weighted by atomic mass is 19.3. The quantitative estimate of drug-likeness (QED) is 0.841. The lowest BCUT2D eigenvalue weighted by molar-refractivity contribution is -0.123. The molecule has 2 N–H and O–H groups in total. The van der Waals surface area contributed by atoms with E-state index in [0.717, 1.165) is 16.7 Å². The van der Waals surface area contributed by atoms with Crippen LogP contribution in [0.25, 0.3) is 0 Å². The van der Waals surface area contributed by atoms with Crippen LogP contribution in [0.4, 0.5) is 8.78 Å². The van der Waals surface area contributed by atoms with E-state index in [1.807, 2.05) is 32.0 Å². The maximum atomic E-state index is 12.7. The minimum atomic E-state index is -3.27. The number of aliphatic hydroxyl groups is 1. The van der Waals surface area contributed by atoms with E-state index in [0.29, 0.717) is 0 Å². The number of alkyl halides is 2. The summed E-state index contributed by atoms with van der Waals surface area (Å²) in [6, 6.07) is 5.68. The molecule has 0 radical (unpaired) electrons. The highest BCUT2D eigenvalue weighted by Crippen LogP contribution is 2.12. The molecule has 18 heavy (non-hydrogen) atoms. The highest BCUT2D eigenvalue weighted by Gasteiger charge is 2.28. The number of nitrogens with one attached hydrogen (secondary N) is 1. The summed E-state index contributed by atoms with van der Waals surface area (Å²) in [5.41, 5.74) is 2.79. The molecule has 1 rings (SSSR count). The van der Waals surface area contributed by atoms with E-state index in [4.69, 9.17) is 5.11 Å². The third-order valence-corrected chi connectivity index (χ3v) is 2.63. The molecule has 100 valence electrons. The Morgan fingerprint density at radius 2 is 2.06 bits per heavy atom. The van der Waals surface area contributed by atoms with Crippen LogP contribution in [0.3, 0.4) is 0 Å². The zero-order chi connectivity index (χ0) is 13.8. The predicted octanol–water partition coefficient (Wildman–Crippen LogP) is 1.59. The van der Waals surface area contributed by atoms with Gasteiger partial charge in [-0.2, -0.15) is 0 Å². The molecule has 0 bridgehead atoms. The Kier molecular flexibility index (Phi) is 4.78. The van der Waals surface area contributed by atoms with E-state index < -0.39 is 25.0 Å². The van der Waals surface area contributed by atoms with Crippen molar-refractivity contribution in [3.05, 3.63) is 34.9 Å². The monoisotopic (exact) mass is 257 g/mol. The summed E-state index contributed by atoms with van der Waals surface area (Å²) in [5.74, 6) is -3.74.